The Kier molecular flexibility index (Phi) is 5.33. The minimum Gasteiger partial charge on any atom is -0.309 e. The molecule has 0 aromatic heterocycles. The van der Waals surface area contributed by atoms with Crippen molar-refractivity contribution in [2.24, 2.45) is 0 Å². The van der Waals surface area contributed by atoms with E-state index in [4.69, 9.17) is 0 Å². The standard InChI is InChI=1S/C17H26F2N2/c1-4-20-16(14-12-13(18)8-9-15(14)19)17(2,3)21-10-6-5-7-11-21/h8-9,12,16,20H,4-7,10-11H2,1-3H3. The van der Waals surface area contributed by atoms with E-state index in [9.17, 15) is 8.78 Å². The number of nitrogens with one attached hydrogen (secondary N) is 1. The van der Waals surface area contributed by atoms with Crippen molar-refractivity contribution in [3.8, 4) is 0 Å². The number of likely N-dealkylation sites (N-methyl/N-ethyl adjacent to an activating group) is 1. The molecule has 1 aromatic carbocycles. The van der Waals surface area contributed by atoms with Crippen LogP contribution in [0.1, 0.15) is 51.6 Å². The Morgan fingerprint density at radius 2 is 1.86 bits per heavy atom. The second-order valence-electron chi connectivity index (χ2n) is 6.36. The Bertz CT molecular complexity index is 468. The number of hydrogen-bond donors (Lipinski definition) is 1. The van der Waals surface area contributed by atoms with Gasteiger partial charge in [0, 0.05) is 11.1 Å². The molecule has 0 amide bonds. The average Bonchev–Trinajstić information content (AvgIpc) is 2.48. The average molecular weight is 296 g/mol. The molecule has 118 valence electrons. The summed E-state index contributed by atoms with van der Waals surface area (Å²) in [5.41, 5.74) is 0.165. The van der Waals surface area contributed by atoms with Crippen molar-refractivity contribution in [2.45, 2.75) is 51.6 Å². The molecule has 1 fully saturated rings. The lowest BCUT2D eigenvalue weighted by molar-refractivity contribution is 0.0600. The third-order valence-corrected chi connectivity index (χ3v) is 4.55. The maximum Gasteiger partial charge on any atom is 0.128 e. The van der Waals surface area contributed by atoms with Gasteiger partial charge in [0.05, 0.1) is 6.04 Å². The minimum absolute atomic E-state index is 0.226. The fraction of sp³-hybridized carbons (Fsp3) is 0.647. The molecule has 1 aliphatic heterocycles. The summed E-state index contributed by atoms with van der Waals surface area (Å²) < 4.78 is 27.8. The van der Waals surface area contributed by atoms with Crippen LogP contribution in [0.25, 0.3) is 0 Å². The molecule has 4 heteroatoms. The molecule has 1 saturated heterocycles. The van der Waals surface area contributed by atoms with E-state index in [1.165, 1.54) is 37.5 Å². The third kappa shape index (κ3) is 3.61. The summed E-state index contributed by atoms with van der Waals surface area (Å²) in [6.07, 6.45) is 3.61. The molecule has 0 bridgehead atoms. The van der Waals surface area contributed by atoms with Crippen LogP contribution in [0.3, 0.4) is 0 Å². The van der Waals surface area contributed by atoms with Gasteiger partial charge in [-0.15, -0.1) is 0 Å². The Labute approximate surface area is 126 Å². The molecule has 0 spiro atoms. The number of piperidine rings is 1. The third-order valence-electron chi connectivity index (χ3n) is 4.55. The van der Waals surface area contributed by atoms with Gasteiger partial charge in [0.1, 0.15) is 11.6 Å². The van der Waals surface area contributed by atoms with Gasteiger partial charge in [-0.1, -0.05) is 13.3 Å². The van der Waals surface area contributed by atoms with Gasteiger partial charge in [-0.25, -0.2) is 8.78 Å². The number of benzene rings is 1. The van der Waals surface area contributed by atoms with E-state index in [1.54, 1.807) is 0 Å². The largest absolute Gasteiger partial charge is 0.309 e. The van der Waals surface area contributed by atoms with Crippen LogP contribution in [0.15, 0.2) is 18.2 Å². The molecule has 0 saturated carbocycles. The van der Waals surface area contributed by atoms with Crippen molar-refractivity contribution in [2.75, 3.05) is 19.6 Å². The van der Waals surface area contributed by atoms with Gasteiger partial charge in [-0.05, 0) is 64.5 Å². The highest BCUT2D eigenvalue weighted by Crippen LogP contribution is 2.34. The Morgan fingerprint density at radius 3 is 2.48 bits per heavy atom. The topological polar surface area (TPSA) is 15.3 Å². The van der Waals surface area contributed by atoms with Crippen LogP contribution in [0.4, 0.5) is 8.78 Å². The van der Waals surface area contributed by atoms with E-state index in [-0.39, 0.29) is 23.2 Å². The minimum atomic E-state index is -0.385. The van der Waals surface area contributed by atoms with E-state index in [2.05, 4.69) is 24.1 Å². The van der Waals surface area contributed by atoms with Crippen LogP contribution in [-0.2, 0) is 0 Å². The van der Waals surface area contributed by atoms with Gasteiger partial charge in [-0.3, -0.25) is 4.90 Å². The van der Waals surface area contributed by atoms with Crippen molar-refractivity contribution in [1.82, 2.24) is 10.2 Å². The van der Waals surface area contributed by atoms with Crippen LogP contribution >= 0.6 is 0 Å². The molecule has 1 unspecified atom stereocenters. The predicted molar refractivity (Wildman–Crippen MR) is 82.3 cm³/mol. The van der Waals surface area contributed by atoms with Gasteiger partial charge in [0.15, 0.2) is 0 Å². The first-order valence-electron chi connectivity index (χ1n) is 7.90. The summed E-state index contributed by atoms with van der Waals surface area (Å²) in [5.74, 6) is -0.726. The monoisotopic (exact) mass is 296 g/mol. The zero-order chi connectivity index (χ0) is 15.5. The van der Waals surface area contributed by atoms with Crippen molar-refractivity contribution >= 4 is 0 Å². The number of nitrogens with zero attached hydrogens (tertiary/aromatic N) is 1. The molecule has 1 atom stereocenters. The molecular formula is C17H26F2N2. The number of hydrogen-bond acceptors (Lipinski definition) is 2. The second-order valence-corrected chi connectivity index (χ2v) is 6.36. The van der Waals surface area contributed by atoms with Crippen LogP contribution in [0.2, 0.25) is 0 Å². The fourth-order valence-corrected chi connectivity index (χ4v) is 3.33. The zero-order valence-electron chi connectivity index (χ0n) is 13.3. The molecule has 0 aliphatic carbocycles. The van der Waals surface area contributed by atoms with Gasteiger partial charge >= 0.3 is 0 Å². The Hall–Kier alpha value is -1.00. The van der Waals surface area contributed by atoms with Crippen molar-refractivity contribution < 1.29 is 8.78 Å². The molecule has 1 N–H and O–H groups in total. The van der Waals surface area contributed by atoms with Gasteiger partial charge < -0.3 is 5.32 Å². The SMILES string of the molecule is CCNC(c1cc(F)ccc1F)C(C)(C)N1CCCCC1. The molecule has 21 heavy (non-hydrogen) atoms. The molecule has 1 aromatic rings. The molecule has 1 aliphatic rings. The smallest absolute Gasteiger partial charge is 0.128 e. The number of rotatable bonds is 5. The van der Waals surface area contributed by atoms with Gasteiger partial charge in [0.2, 0.25) is 0 Å². The van der Waals surface area contributed by atoms with E-state index in [0.29, 0.717) is 5.56 Å². The summed E-state index contributed by atoms with van der Waals surface area (Å²) in [4.78, 5) is 2.40. The van der Waals surface area contributed by atoms with E-state index in [0.717, 1.165) is 19.6 Å². The van der Waals surface area contributed by atoms with E-state index < -0.39 is 0 Å². The summed E-state index contributed by atoms with van der Waals surface area (Å²) >= 11 is 0. The van der Waals surface area contributed by atoms with Gasteiger partial charge in [-0.2, -0.15) is 0 Å². The lowest BCUT2D eigenvalue weighted by atomic mass is 9.85. The fourth-order valence-electron chi connectivity index (χ4n) is 3.33. The predicted octanol–water partition coefficient (Wildman–Crippen LogP) is 3.88. The van der Waals surface area contributed by atoms with Crippen LogP contribution < -0.4 is 5.32 Å². The van der Waals surface area contributed by atoms with Crippen molar-refractivity contribution in [3.63, 3.8) is 0 Å². The first kappa shape index (κ1) is 16.4. The highest BCUT2D eigenvalue weighted by atomic mass is 19.1. The second kappa shape index (κ2) is 6.84. The Balaban J connectivity index is 2.34. The normalized spacial score (nSPS) is 18.7. The van der Waals surface area contributed by atoms with Crippen LogP contribution in [0, 0.1) is 11.6 Å². The van der Waals surface area contributed by atoms with Crippen molar-refractivity contribution in [3.05, 3.63) is 35.4 Å². The van der Waals surface area contributed by atoms with Crippen LogP contribution in [0.5, 0.6) is 0 Å². The highest BCUT2D eigenvalue weighted by Gasteiger charge is 2.37. The lowest BCUT2D eigenvalue weighted by Crippen LogP contribution is -2.54. The maximum atomic E-state index is 14.2. The number of likely N-dealkylation sites (tertiary alicyclic amines) is 1. The summed E-state index contributed by atoms with van der Waals surface area (Å²) in [5, 5.41) is 3.36. The Morgan fingerprint density at radius 1 is 1.19 bits per heavy atom. The summed E-state index contributed by atoms with van der Waals surface area (Å²) in [7, 11) is 0. The number of halogens is 2. The molecule has 2 rings (SSSR count). The molecular weight excluding hydrogens is 270 g/mol. The quantitative estimate of drug-likeness (QED) is 0.887. The van der Waals surface area contributed by atoms with Crippen molar-refractivity contribution in [1.29, 1.82) is 0 Å². The molecule has 2 nitrogen and oxygen atoms in total. The van der Waals surface area contributed by atoms with E-state index >= 15 is 0 Å². The first-order chi connectivity index (χ1) is 9.96. The highest BCUT2D eigenvalue weighted by molar-refractivity contribution is 5.25. The summed E-state index contributed by atoms with van der Waals surface area (Å²) in [6.45, 7) is 9.00. The lowest BCUT2D eigenvalue weighted by Gasteiger charge is -2.46. The van der Waals surface area contributed by atoms with Crippen LogP contribution in [-0.4, -0.2) is 30.1 Å². The molecule has 0 radical (unpaired) electrons. The van der Waals surface area contributed by atoms with E-state index in [1.807, 2.05) is 6.92 Å². The first-order valence-corrected chi connectivity index (χ1v) is 7.90. The van der Waals surface area contributed by atoms with Gasteiger partial charge in [0.25, 0.3) is 0 Å². The summed E-state index contributed by atoms with van der Waals surface area (Å²) in [6, 6.07) is 3.50. The molecule has 1 heterocycles. The zero-order valence-corrected chi connectivity index (χ0v) is 13.3. The maximum absolute atomic E-state index is 14.2.